The Morgan fingerprint density at radius 3 is 2.63 bits per heavy atom. The predicted molar refractivity (Wildman–Crippen MR) is 73.1 cm³/mol. The minimum Gasteiger partial charge on any atom is -0.320 e. The third-order valence-electron chi connectivity index (χ3n) is 2.73. The van der Waals surface area contributed by atoms with Crippen molar-refractivity contribution < 1.29 is 9.18 Å². The fourth-order valence-corrected chi connectivity index (χ4v) is 1.92. The molecule has 1 aromatic heterocycles. The van der Waals surface area contributed by atoms with Crippen molar-refractivity contribution >= 4 is 23.2 Å². The highest BCUT2D eigenvalue weighted by Gasteiger charge is 2.11. The van der Waals surface area contributed by atoms with Crippen molar-refractivity contribution in [3.63, 3.8) is 0 Å². The number of hydrogen-bond donors (Lipinski definition) is 1. The number of pyridine rings is 1. The Morgan fingerprint density at radius 2 is 2.00 bits per heavy atom. The van der Waals surface area contributed by atoms with E-state index < -0.39 is 0 Å². The molecule has 0 saturated carbocycles. The first-order valence-electron chi connectivity index (χ1n) is 5.68. The molecule has 2 aromatic rings. The second kappa shape index (κ2) is 5.36. The number of carbonyl (C=O) groups is 1. The van der Waals surface area contributed by atoms with Gasteiger partial charge in [0.05, 0.1) is 11.4 Å². The smallest absolute Gasteiger partial charge is 0.255 e. The number of nitrogens with one attached hydrogen (secondary N) is 1. The highest BCUT2D eigenvalue weighted by molar-refractivity contribution is 6.29. The molecule has 1 aromatic carbocycles. The van der Waals surface area contributed by atoms with Crippen molar-refractivity contribution in [3.8, 4) is 0 Å². The number of nitrogens with zero attached hydrogens (tertiary/aromatic N) is 1. The summed E-state index contributed by atoms with van der Waals surface area (Å²) in [6, 6.07) is 7.32. The zero-order chi connectivity index (χ0) is 14.0. The molecule has 0 aliphatic heterocycles. The van der Waals surface area contributed by atoms with Crippen molar-refractivity contribution in [2.24, 2.45) is 0 Å². The van der Waals surface area contributed by atoms with Crippen LogP contribution in [0.25, 0.3) is 0 Å². The molecule has 1 amide bonds. The Labute approximate surface area is 115 Å². The van der Waals surface area contributed by atoms with Gasteiger partial charge >= 0.3 is 0 Å². The van der Waals surface area contributed by atoms with E-state index in [0.29, 0.717) is 27.7 Å². The van der Waals surface area contributed by atoms with Gasteiger partial charge in [-0.05, 0) is 49.7 Å². The van der Waals surface area contributed by atoms with Crippen LogP contribution in [0.15, 0.2) is 30.3 Å². The molecule has 0 spiro atoms. The Morgan fingerprint density at radius 1 is 1.26 bits per heavy atom. The van der Waals surface area contributed by atoms with Crippen molar-refractivity contribution in [1.29, 1.82) is 0 Å². The number of anilines is 1. The van der Waals surface area contributed by atoms with Gasteiger partial charge in [0.15, 0.2) is 0 Å². The fraction of sp³-hybridized carbons (Fsp3) is 0.143. The molecule has 1 heterocycles. The van der Waals surface area contributed by atoms with E-state index in [9.17, 15) is 9.18 Å². The van der Waals surface area contributed by atoms with Gasteiger partial charge in [-0.3, -0.25) is 4.79 Å². The van der Waals surface area contributed by atoms with Crippen LogP contribution in [-0.2, 0) is 0 Å². The highest BCUT2D eigenvalue weighted by atomic mass is 35.5. The van der Waals surface area contributed by atoms with Crippen LogP contribution in [0.3, 0.4) is 0 Å². The largest absolute Gasteiger partial charge is 0.320 e. The molecule has 0 bridgehead atoms. The fourth-order valence-electron chi connectivity index (χ4n) is 1.73. The van der Waals surface area contributed by atoms with Crippen LogP contribution in [0.1, 0.15) is 21.6 Å². The van der Waals surface area contributed by atoms with Gasteiger partial charge in [0.25, 0.3) is 5.91 Å². The Hall–Kier alpha value is -1.94. The quantitative estimate of drug-likeness (QED) is 0.850. The van der Waals surface area contributed by atoms with Crippen molar-refractivity contribution in [2.75, 3.05) is 5.32 Å². The minimum absolute atomic E-state index is 0.301. The maximum absolute atomic E-state index is 13.0. The highest BCUT2D eigenvalue weighted by Crippen LogP contribution is 2.18. The summed E-state index contributed by atoms with van der Waals surface area (Å²) < 4.78 is 13.0. The minimum atomic E-state index is -0.363. The summed E-state index contributed by atoms with van der Waals surface area (Å²) >= 11 is 5.75. The Bertz CT molecular complexity index is 643. The van der Waals surface area contributed by atoms with Gasteiger partial charge in [-0.1, -0.05) is 11.6 Å². The number of carbonyl (C=O) groups excluding carboxylic acids is 1. The number of aromatic nitrogens is 1. The second-order valence-corrected chi connectivity index (χ2v) is 4.57. The summed E-state index contributed by atoms with van der Waals surface area (Å²) in [6.45, 7) is 3.43. The summed E-state index contributed by atoms with van der Waals surface area (Å²) in [6.07, 6.45) is 0. The van der Waals surface area contributed by atoms with Gasteiger partial charge in [0.2, 0.25) is 0 Å². The van der Waals surface area contributed by atoms with Gasteiger partial charge in [-0.2, -0.15) is 0 Å². The van der Waals surface area contributed by atoms with E-state index in [1.807, 2.05) is 0 Å². The molecule has 0 saturated heterocycles. The molecule has 0 aliphatic carbocycles. The lowest BCUT2D eigenvalue weighted by molar-refractivity contribution is 0.102. The molecule has 2 rings (SSSR count). The Kier molecular flexibility index (Phi) is 3.81. The predicted octanol–water partition coefficient (Wildman–Crippen LogP) is 3.74. The number of rotatable bonds is 2. The van der Waals surface area contributed by atoms with E-state index in [-0.39, 0.29) is 11.7 Å². The first-order valence-corrected chi connectivity index (χ1v) is 6.06. The average molecular weight is 279 g/mol. The van der Waals surface area contributed by atoms with Crippen LogP contribution in [0, 0.1) is 19.7 Å². The number of aryl methyl sites for hydroxylation is 2. The van der Waals surface area contributed by atoms with Crippen LogP contribution in [-0.4, -0.2) is 10.9 Å². The lowest BCUT2D eigenvalue weighted by Gasteiger charge is -2.09. The molecule has 5 heteroatoms. The van der Waals surface area contributed by atoms with Crippen LogP contribution >= 0.6 is 11.6 Å². The first-order chi connectivity index (χ1) is 8.97. The molecule has 3 nitrogen and oxygen atoms in total. The van der Waals surface area contributed by atoms with Crippen LogP contribution < -0.4 is 5.32 Å². The molecular formula is C14H12ClFN2O. The molecule has 0 fully saturated rings. The van der Waals surface area contributed by atoms with E-state index in [4.69, 9.17) is 11.6 Å². The zero-order valence-corrected chi connectivity index (χ0v) is 11.3. The Balaban J connectivity index is 2.25. The summed E-state index contributed by atoms with van der Waals surface area (Å²) in [5.41, 5.74) is 2.21. The van der Waals surface area contributed by atoms with Crippen molar-refractivity contribution in [2.45, 2.75) is 13.8 Å². The average Bonchev–Trinajstić information content (AvgIpc) is 2.32. The standard InChI is InChI=1S/C14H12ClFN2O/c1-8-7-10(16)3-4-11(8)14(19)18-12-5-6-13(15)17-9(12)2/h3-7H,1-2H3,(H,18,19). The van der Waals surface area contributed by atoms with Crippen LogP contribution in [0.4, 0.5) is 10.1 Å². The van der Waals surface area contributed by atoms with Crippen LogP contribution in [0.2, 0.25) is 5.15 Å². The van der Waals surface area contributed by atoms with Gasteiger partial charge < -0.3 is 5.32 Å². The van der Waals surface area contributed by atoms with E-state index in [1.165, 1.54) is 18.2 Å². The summed E-state index contributed by atoms with van der Waals surface area (Å²) in [5, 5.41) is 3.10. The SMILES string of the molecule is Cc1cc(F)ccc1C(=O)Nc1ccc(Cl)nc1C. The van der Waals surface area contributed by atoms with Gasteiger partial charge in [-0.25, -0.2) is 9.37 Å². The number of benzene rings is 1. The summed E-state index contributed by atoms with van der Waals surface area (Å²) in [4.78, 5) is 16.1. The number of halogens is 2. The van der Waals surface area contributed by atoms with Crippen molar-refractivity contribution in [3.05, 3.63) is 58.1 Å². The second-order valence-electron chi connectivity index (χ2n) is 4.18. The third kappa shape index (κ3) is 3.09. The lowest BCUT2D eigenvalue weighted by Crippen LogP contribution is -2.14. The molecular weight excluding hydrogens is 267 g/mol. The number of hydrogen-bond acceptors (Lipinski definition) is 2. The maximum atomic E-state index is 13.0. The molecule has 98 valence electrons. The lowest BCUT2D eigenvalue weighted by atomic mass is 10.1. The van der Waals surface area contributed by atoms with E-state index in [0.717, 1.165) is 0 Å². The molecule has 0 unspecified atom stereocenters. The van der Waals surface area contributed by atoms with Crippen molar-refractivity contribution in [1.82, 2.24) is 4.98 Å². The van der Waals surface area contributed by atoms with E-state index in [2.05, 4.69) is 10.3 Å². The summed E-state index contributed by atoms with van der Waals surface area (Å²) in [7, 11) is 0. The molecule has 0 radical (unpaired) electrons. The number of amides is 1. The maximum Gasteiger partial charge on any atom is 0.255 e. The zero-order valence-electron chi connectivity index (χ0n) is 10.5. The van der Waals surface area contributed by atoms with Gasteiger partial charge in [-0.15, -0.1) is 0 Å². The molecule has 19 heavy (non-hydrogen) atoms. The molecule has 0 aliphatic rings. The van der Waals surface area contributed by atoms with E-state index >= 15 is 0 Å². The van der Waals surface area contributed by atoms with Gasteiger partial charge in [0.1, 0.15) is 11.0 Å². The first kappa shape index (κ1) is 13.5. The monoisotopic (exact) mass is 278 g/mol. The third-order valence-corrected chi connectivity index (χ3v) is 2.94. The van der Waals surface area contributed by atoms with Gasteiger partial charge in [0, 0.05) is 5.56 Å². The molecule has 1 N–H and O–H groups in total. The molecule has 0 atom stereocenters. The van der Waals surface area contributed by atoms with Crippen LogP contribution in [0.5, 0.6) is 0 Å². The van der Waals surface area contributed by atoms with E-state index in [1.54, 1.807) is 26.0 Å². The normalized spacial score (nSPS) is 10.3. The topological polar surface area (TPSA) is 42.0 Å². The summed E-state index contributed by atoms with van der Waals surface area (Å²) in [5.74, 6) is -0.664.